The van der Waals surface area contributed by atoms with Crippen LogP contribution in [0.5, 0.6) is 0 Å². The van der Waals surface area contributed by atoms with E-state index in [2.05, 4.69) is 25.1 Å². The van der Waals surface area contributed by atoms with Crippen LogP contribution in [0.15, 0.2) is 18.2 Å². The normalized spacial score (nSPS) is 23.1. The summed E-state index contributed by atoms with van der Waals surface area (Å²) in [6, 6.07) is 6.75. The van der Waals surface area contributed by atoms with Crippen molar-refractivity contribution in [2.75, 3.05) is 0 Å². The zero-order valence-corrected chi connectivity index (χ0v) is 12.1. The number of hydrogen-bond acceptors (Lipinski definition) is 1. The van der Waals surface area contributed by atoms with Crippen LogP contribution in [0.25, 0.3) is 0 Å². The summed E-state index contributed by atoms with van der Waals surface area (Å²) >= 11 is 0. The zero-order chi connectivity index (χ0) is 13.3. The lowest BCUT2D eigenvalue weighted by Gasteiger charge is -2.34. The highest BCUT2D eigenvalue weighted by molar-refractivity contribution is 5.35. The van der Waals surface area contributed by atoms with Crippen molar-refractivity contribution in [2.45, 2.75) is 70.8 Å². The van der Waals surface area contributed by atoms with Gasteiger partial charge in [-0.05, 0) is 61.6 Å². The Kier molecular flexibility index (Phi) is 3.66. The van der Waals surface area contributed by atoms with Gasteiger partial charge in [0.25, 0.3) is 0 Å². The maximum absolute atomic E-state index is 10.9. The molecule has 0 saturated heterocycles. The van der Waals surface area contributed by atoms with E-state index in [9.17, 15) is 5.11 Å². The Morgan fingerprint density at radius 1 is 1.05 bits per heavy atom. The van der Waals surface area contributed by atoms with Gasteiger partial charge in [0.1, 0.15) is 0 Å². The van der Waals surface area contributed by atoms with Crippen LogP contribution in [-0.2, 0) is 12.8 Å². The highest BCUT2D eigenvalue weighted by atomic mass is 16.3. The molecule has 2 aliphatic carbocycles. The Balaban J connectivity index is 1.88. The average Bonchev–Trinajstić information content (AvgIpc) is 2.96. The van der Waals surface area contributed by atoms with E-state index < -0.39 is 0 Å². The van der Waals surface area contributed by atoms with E-state index in [0.29, 0.717) is 0 Å². The Morgan fingerprint density at radius 3 is 2.42 bits per heavy atom. The first kappa shape index (κ1) is 13.2. The molecule has 3 rings (SSSR count). The van der Waals surface area contributed by atoms with Gasteiger partial charge < -0.3 is 5.11 Å². The fraction of sp³-hybridized carbons (Fsp3) is 0.667. The maximum atomic E-state index is 10.9. The van der Waals surface area contributed by atoms with E-state index in [-0.39, 0.29) is 11.5 Å². The number of benzene rings is 1. The van der Waals surface area contributed by atoms with Crippen molar-refractivity contribution in [3.8, 4) is 0 Å². The van der Waals surface area contributed by atoms with Crippen LogP contribution >= 0.6 is 0 Å². The second-order valence-corrected chi connectivity index (χ2v) is 6.56. The van der Waals surface area contributed by atoms with E-state index in [1.807, 2.05) is 0 Å². The number of aliphatic hydroxyl groups excluding tert-OH is 1. The van der Waals surface area contributed by atoms with Crippen LogP contribution < -0.4 is 0 Å². The maximum Gasteiger partial charge on any atom is 0.0846 e. The molecule has 0 radical (unpaired) electrons. The standard InChI is InChI=1S/C18H26O/c1-2-18(11-5-6-12-18)17(19)16-10-9-14-7-3-4-8-15(14)13-16/h9-10,13,17,19H,2-8,11-12H2,1H3. The molecule has 1 nitrogen and oxygen atoms in total. The molecule has 1 saturated carbocycles. The van der Waals surface area contributed by atoms with Crippen LogP contribution in [0.1, 0.15) is 74.7 Å². The zero-order valence-electron chi connectivity index (χ0n) is 12.1. The molecular weight excluding hydrogens is 232 g/mol. The summed E-state index contributed by atoms with van der Waals surface area (Å²) in [4.78, 5) is 0. The molecule has 1 unspecified atom stereocenters. The average molecular weight is 258 g/mol. The molecule has 1 atom stereocenters. The third kappa shape index (κ3) is 2.33. The molecule has 0 spiro atoms. The van der Waals surface area contributed by atoms with Gasteiger partial charge in [-0.2, -0.15) is 0 Å². The molecule has 104 valence electrons. The number of fused-ring (bicyclic) bond motifs is 1. The third-order valence-electron chi connectivity index (χ3n) is 5.57. The van der Waals surface area contributed by atoms with Gasteiger partial charge >= 0.3 is 0 Å². The van der Waals surface area contributed by atoms with E-state index >= 15 is 0 Å². The van der Waals surface area contributed by atoms with Gasteiger partial charge in [0.05, 0.1) is 6.10 Å². The molecule has 1 aromatic rings. The van der Waals surface area contributed by atoms with E-state index in [4.69, 9.17) is 0 Å². The number of rotatable bonds is 3. The van der Waals surface area contributed by atoms with Crippen LogP contribution in [0, 0.1) is 5.41 Å². The Bertz CT molecular complexity index is 443. The molecule has 1 N–H and O–H groups in total. The first-order valence-corrected chi connectivity index (χ1v) is 8.05. The molecule has 1 heteroatoms. The van der Waals surface area contributed by atoms with Crippen molar-refractivity contribution in [3.63, 3.8) is 0 Å². The van der Waals surface area contributed by atoms with Gasteiger partial charge in [-0.1, -0.05) is 38.0 Å². The molecule has 0 amide bonds. The fourth-order valence-electron chi connectivity index (χ4n) is 4.18. The molecule has 1 aromatic carbocycles. The Hall–Kier alpha value is -0.820. The Morgan fingerprint density at radius 2 is 1.74 bits per heavy atom. The van der Waals surface area contributed by atoms with Crippen molar-refractivity contribution in [2.24, 2.45) is 5.41 Å². The van der Waals surface area contributed by atoms with Crippen molar-refractivity contribution in [3.05, 3.63) is 34.9 Å². The lowest BCUT2D eigenvalue weighted by molar-refractivity contribution is 0.0237. The van der Waals surface area contributed by atoms with Gasteiger partial charge in [0.15, 0.2) is 0 Å². The summed E-state index contributed by atoms with van der Waals surface area (Å²) < 4.78 is 0. The summed E-state index contributed by atoms with van der Waals surface area (Å²) in [5.41, 5.74) is 4.33. The van der Waals surface area contributed by atoms with E-state index in [0.717, 1.165) is 6.42 Å². The molecule has 0 heterocycles. The van der Waals surface area contributed by atoms with E-state index in [1.165, 1.54) is 68.1 Å². The second-order valence-electron chi connectivity index (χ2n) is 6.56. The lowest BCUT2D eigenvalue weighted by Crippen LogP contribution is -2.25. The van der Waals surface area contributed by atoms with Crippen LogP contribution in [0.3, 0.4) is 0 Å². The van der Waals surface area contributed by atoms with Crippen LogP contribution in [-0.4, -0.2) is 5.11 Å². The lowest BCUT2D eigenvalue weighted by atomic mass is 9.74. The van der Waals surface area contributed by atoms with Crippen molar-refractivity contribution < 1.29 is 5.11 Å². The van der Waals surface area contributed by atoms with Gasteiger partial charge in [0.2, 0.25) is 0 Å². The Labute approximate surface area is 117 Å². The molecule has 0 bridgehead atoms. The predicted molar refractivity (Wildman–Crippen MR) is 79.2 cm³/mol. The molecule has 0 aromatic heterocycles. The highest BCUT2D eigenvalue weighted by Gasteiger charge is 2.39. The first-order chi connectivity index (χ1) is 9.25. The monoisotopic (exact) mass is 258 g/mol. The minimum absolute atomic E-state index is 0.156. The van der Waals surface area contributed by atoms with Gasteiger partial charge in [-0.3, -0.25) is 0 Å². The molecule has 0 aliphatic heterocycles. The summed E-state index contributed by atoms with van der Waals surface area (Å²) in [5.74, 6) is 0. The van der Waals surface area contributed by atoms with Crippen molar-refractivity contribution >= 4 is 0 Å². The first-order valence-electron chi connectivity index (χ1n) is 8.05. The fourth-order valence-corrected chi connectivity index (χ4v) is 4.18. The topological polar surface area (TPSA) is 20.2 Å². The molecular formula is C18H26O. The van der Waals surface area contributed by atoms with Gasteiger partial charge in [-0.15, -0.1) is 0 Å². The summed E-state index contributed by atoms with van der Waals surface area (Å²) in [7, 11) is 0. The summed E-state index contributed by atoms with van der Waals surface area (Å²) in [6.45, 7) is 2.24. The molecule has 2 aliphatic rings. The second kappa shape index (κ2) is 5.28. The molecule has 1 fully saturated rings. The van der Waals surface area contributed by atoms with E-state index in [1.54, 1.807) is 0 Å². The minimum Gasteiger partial charge on any atom is -0.388 e. The van der Waals surface area contributed by atoms with Crippen LogP contribution in [0.2, 0.25) is 0 Å². The molecule has 19 heavy (non-hydrogen) atoms. The summed E-state index contributed by atoms with van der Waals surface area (Å²) in [6.07, 6.45) is 10.9. The quantitative estimate of drug-likeness (QED) is 0.842. The number of aryl methyl sites for hydroxylation is 2. The van der Waals surface area contributed by atoms with Gasteiger partial charge in [-0.25, -0.2) is 0 Å². The largest absolute Gasteiger partial charge is 0.388 e. The minimum atomic E-state index is -0.257. The number of aliphatic hydroxyl groups is 1. The third-order valence-corrected chi connectivity index (χ3v) is 5.57. The summed E-state index contributed by atoms with van der Waals surface area (Å²) in [5, 5.41) is 10.9. The van der Waals surface area contributed by atoms with Crippen molar-refractivity contribution in [1.29, 1.82) is 0 Å². The smallest absolute Gasteiger partial charge is 0.0846 e. The van der Waals surface area contributed by atoms with Crippen molar-refractivity contribution in [1.82, 2.24) is 0 Å². The predicted octanol–water partition coefficient (Wildman–Crippen LogP) is 4.57. The highest BCUT2D eigenvalue weighted by Crippen LogP contribution is 2.50. The van der Waals surface area contributed by atoms with Crippen LogP contribution in [0.4, 0.5) is 0 Å². The number of hydrogen-bond donors (Lipinski definition) is 1. The van der Waals surface area contributed by atoms with Gasteiger partial charge in [0, 0.05) is 5.41 Å². The SMILES string of the molecule is CCC1(C(O)c2ccc3c(c2)CCCC3)CCCC1.